The van der Waals surface area contributed by atoms with Gasteiger partial charge in [0.2, 0.25) is 0 Å². The van der Waals surface area contributed by atoms with Gasteiger partial charge in [0.05, 0.1) is 6.54 Å². The fourth-order valence-corrected chi connectivity index (χ4v) is 1.27. The Morgan fingerprint density at radius 2 is 2.40 bits per heavy atom. The van der Waals surface area contributed by atoms with Crippen molar-refractivity contribution >= 4 is 12.8 Å². The monoisotopic (exact) mass is 156 g/mol. The van der Waals surface area contributed by atoms with Gasteiger partial charge < -0.3 is 4.57 Å². The molecule has 0 atom stereocenters. The van der Waals surface area contributed by atoms with Crippen molar-refractivity contribution in [3.8, 4) is 0 Å². The molecule has 2 heterocycles. The van der Waals surface area contributed by atoms with E-state index < -0.39 is 0 Å². The molecular formula is C5H8N4S. The molecule has 4 nitrogen and oxygen atoms in total. The predicted octanol–water partition coefficient (Wildman–Crippen LogP) is -0.0615. The van der Waals surface area contributed by atoms with E-state index in [4.69, 9.17) is 0 Å². The van der Waals surface area contributed by atoms with Gasteiger partial charge in [-0.3, -0.25) is 0 Å². The van der Waals surface area contributed by atoms with Crippen LogP contribution in [0.4, 0.5) is 0 Å². The second-order valence-electron chi connectivity index (χ2n) is 2.33. The van der Waals surface area contributed by atoms with Crippen molar-refractivity contribution in [2.24, 2.45) is 0 Å². The van der Waals surface area contributed by atoms with Gasteiger partial charge in [0.1, 0.15) is 12.2 Å². The first-order chi connectivity index (χ1) is 4.86. The van der Waals surface area contributed by atoms with Crippen molar-refractivity contribution in [2.75, 3.05) is 6.54 Å². The van der Waals surface area contributed by atoms with E-state index in [9.17, 15) is 0 Å². The Bertz CT molecular complexity index is 233. The van der Waals surface area contributed by atoms with Gasteiger partial charge in [-0.2, -0.15) is 0 Å². The van der Waals surface area contributed by atoms with Gasteiger partial charge in [0, 0.05) is 13.1 Å². The van der Waals surface area contributed by atoms with Crippen LogP contribution in [0.3, 0.4) is 0 Å². The molecule has 0 N–H and O–H groups in total. The quantitative estimate of drug-likeness (QED) is 0.534. The molecule has 0 saturated carbocycles. The van der Waals surface area contributed by atoms with Crippen molar-refractivity contribution in [3.05, 3.63) is 12.2 Å². The highest BCUT2D eigenvalue weighted by Gasteiger charge is 2.13. The van der Waals surface area contributed by atoms with Crippen molar-refractivity contribution in [2.45, 2.75) is 13.1 Å². The Labute approximate surface area is 64.4 Å². The Morgan fingerprint density at radius 1 is 1.50 bits per heavy atom. The number of fused-ring (bicyclic) bond motifs is 1. The lowest BCUT2D eigenvalue weighted by atomic mass is 10.4. The number of nitrogens with zero attached hydrogens (tertiary/aromatic N) is 4. The molecule has 0 aliphatic carbocycles. The Morgan fingerprint density at radius 3 is 3.30 bits per heavy atom. The molecule has 0 fully saturated rings. The lowest BCUT2D eigenvalue weighted by Crippen LogP contribution is -2.26. The topological polar surface area (TPSA) is 34.0 Å². The van der Waals surface area contributed by atoms with E-state index >= 15 is 0 Å². The zero-order valence-electron chi connectivity index (χ0n) is 5.43. The van der Waals surface area contributed by atoms with Crippen LogP contribution in [-0.2, 0) is 13.1 Å². The summed E-state index contributed by atoms with van der Waals surface area (Å²) in [6.45, 7) is 2.71. The summed E-state index contributed by atoms with van der Waals surface area (Å²) in [6, 6.07) is 0. The molecule has 0 saturated heterocycles. The molecule has 0 unspecified atom stereocenters. The molecular weight excluding hydrogens is 148 g/mol. The minimum atomic E-state index is 0.795. The molecule has 1 aliphatic heterocycles. The Kier molecular flexibility index (Phi) is 1.39. The van der Waals surface area contributed by atoms with Crippen molar-refractivity contribution in [3.63, 3.8) is 0 Å². The van der Waals surface area contributed by atoms with E-state index in [-0.39, 0.29) is 0 Å². The summed E-state index contributed by atoms with van der Waals surface area (Å²) in [5, 5.41) is 7.72. The van der Waals surface area contributed by atoms with E-state index in [2.05, 4.69) is 23.0 Å². The Hall–Kier alpha value is -0.550. The summed E-state index contributed by atoms with van der Waals surface area (Å²) < 4.78 is 3.98. The summed E-state index contributed by atoms with van der Waals surface area (Å²) in [4.78, 5) is 0. The lowest BCUT2D eigenvalue weighted by molar-refractivity contribution is 0.372. The molecule has 10 heavy (non-hydrogen) atoms. The first-order valence-electron chi connectivity index (χ1n) is 3.17. The van der Waals surface area contributed by atoms with Gasteiger partial charge in [-0.05, 0) is 0 Å². The third-order valence-corrected chi connectivity index (χ3v) is 1.96. The fourth-order valence-electron chi connectivity index (χ4n) is 1.05. The van der Waals surface area contributed by atoms with Crippen molar-refractivity contribution in [1.29, 1.82) is 0 Å². The Balaban J connectivity index is 2.30. The predicted molar refractivity (Wildman–Crippen MR) is 39.4 cm³/mol. The van der Waals surface area contributed by atoms with Crippen LogP contribution < -0.4 is 0 Å². The highest BCUT2D eigenvalue weighted by atomic mass is 32.1. The van der Waals surface area contributed by atoms with Crippen LogP contribution in [0.15, 0.2) is 6.33 Å². The third-order valence-electron chi connectivity index (χ3n) is 1.62. The van der Waals surface area contributed by atoms with E-state index in [0.717, 1.165) is 25.5 Å². The molecule has 0 amide bonds. The fraction of sp³-hybridized carbons (Fsp3) is 0.600. The highest BCUT2D eigenvalue weighted by Crippen LogP contribution is 2.09. The maximum Gasteiger partial charge on any atom is 0.148 e. The maximum atomic E-state index is 4.21. The van der Waals surface area contributed by atoms with Crippen LogP contribution in [0.25, 0.3) is 0 Å². The van der Waals surface area contributed by atoms with Crippen molar-refractivity contribution in [1.82, 2.24) is 19.1 Å². The summed E-state index contributed by atoms with van der Waals surface area (Å²) in [5.41, 5.74) is 0. The van der Waals surface area contributed by atoms with Gasteiger partial charge in [-0.25, -0.2) is 4.31 Å². The highest BCUT2D eigenvalue weighted by molar-refractivity contribution is 7.77. The normalized spacial score (nSPS) is 18.9. The molecule has 1 aromatic heterocycles. The van der Waals surface area contributed by atoms with E-state index in [1.807, 2.05) is 8.87 Å². The largest absolute Gasteiger partial charge is 0.315 e. The minimum absolute atomic E-state index is 0.795. The number of thiol groups is 1. The number of hydrogen-bond donors (Lipinski definition) is 1. The summed E-state index contributed by atoms with van der Waals surface area (Å²) in [7, 11) is 0. The van der Waals surface area contributed by atoms with Gasteiger partial charge in [-0.15, -0.1) is 10.2 Å². The van der Waals surface area contributed by atoms with Gasteiger partial charge in [0.25, 0.3) is 0 Å². The maximum absolute atomic E-state index is 4.21. The van der Waals surface area contributed by atoms with E-state index in [1.54, 1.807) is 6.33 Å². The first kappa shape index (κ1) is 6.18. The van der Waals surface area contributed by atoms with Gasteiger partial charge in [-0.1, -0.05) is 12.8 Å². The lowest BCUT2D eigenvalue weighted by Gasteiger charge is -2.20. The molecule has 54 valence electrons. The van der Waals surface area contributed by atoms with Gasteiger partial charge in [0.15, 0.2) is 0 Å². The number of rotatable bonds is 0. The SMILES string of the molecule is SN1CCn2cnnc2C1. The molecule has 2 rings (SSSR count). The smallest absolute Gasteiger partial charge is 0.148 e. The van der Waals surface area contributed by atoms with Crippen molar-refractivity contribution < 1.29 is 0 Å². The van der Waals surface area contributed by atoms with Crippen LogP contribution in [-0.4, -0.2) is 25.6 Å². The standard InChI is InChI=1S/C5H8N4S/c10-9-2-1-8-4-6-7-5(8)3-9/h4,10H,1-3H2. The second kappa shape index (κ2) is 2.25. The zero-order valence-corrected chi connectivity index (χ0v) is 6.33. The summed E-state index contributed by atoms with van der Waals surface area (Å²) in [5.74, 6) is 1.00. The average Bonchev–Trinajstić information content (AvgIpc) is 2.33. The zero-order chi connectivity index (χ0) is 6.97. The molecule has 0 bridgehead atoms. The average molecular weight is 156 g/mol. The second-order valence-corrected chi connectivity index (χ2v) is 2.89. The summed E-state index contributed by atoms with van der Waals surface area (Å²) in [6.07, 6.45) is 1.76. The number of hydrogen-bond acceptors (Lipinski definition) is 4. The third kappa shape index (κ3) is 0.911. The van der Waals surface area contributed by atoms with Crippen LogP contribution in [0.1, 0.15) is 5.82 Å². The first-order valence-corrected chi connectivity index (χ1v) is 3.57. The molecule has 1 aliphatic rings. The van der Waals surface area contributed by atoms with E-state index in [0.29, 0.717) is 0 Å². The van der Waals surface area contributed by atoms with Crippen LogP contribution in [0, 0.1) is 0 Å². The van der Waals surface area contributed by atoms with Gasteiger partial charge >= 0.3 is 0 Å². The molecule has 0 aromatic carbocycles. The van der Waals surface area contributed by atoms with Crippen LogP contribution in [0.2, 0.25) is 0 Å². The molecule has 0 radical (unpaired) electrons. The van der Waals surface area contributed by atoms with Crippen LogP contribution in [0.5, 0.6) is 0 Å². The molecule has 1 aromatic rings. The molecule has 5 heteroatoms. The number of aromatic nitrogens is 3. The van der Waals surface area contributed by atoms with Crippen LogP contribution >= 0.6 is 12.8 Å². The minimum Gasteiger partial charge on any atom is -0.315 e. The summed E-state index contributed by atoms with van der Waals surface area (Å²) >= 11 is 4.21. The van der Waals surface area contributed by atoms with E-state index in [1.165, 1.54) is 0 Å². The molecule has 0 spiro atoms.